The van der Waals surface area contributed by atoms with Gasteiger partial charge in [0.1, 0.15) is 5.82 Å². The maximum atomic E-state index is 12.5. The molecule has 0 atom stereocenters. The Morgan fingerprint density at radius 2 is 1.94 bits per heavy atom. The summed E-state index contributed by atoms with van der Waals surface area (Å²) in [5, 5.41) is 0.441. The number of nitrogens with two attached hydrogens (primary N) is 1. The van der Waals surface area contributed by atoms with Crippen molar-refractivity contribution in [2.24, 2.45) is 5.84 Å². The second-order valence-corrected chi connectivity index (χ2v) is 3.70. The Kier molecular flexibility index (Phi) is 2.66. The number of aryl methyl sites for hydroxylation is 1. The first-order valence-electron chi connectivity index (χ1n) is 4.87. The molecule has 0 aliphatic rings. The Bertz CT molecular complexity index is 564. The predicted molar refractivity (Wildman–Crippen MR) is 59.3 cm³/mol. The van der Waals surface area contributed by atoms with Gasteiger partial charge in [0.15, 0.2) is 0 Å². The minimum absolute atomic E-state index is 0.441. The lowest BCUT2D eigenvalue weighted by atomic mass is 10.1. The molecule has 0 fully saturated rings. The highest BCUT2D eigenvalue weighted by atomic mass is 19.4. The van der Waals surface area contributed by atoms with E-state index in [1.54, 1.807) is 13.0 Å². The number of halogens is 3. The second kappa shape index (κ2) is 3.89. The standard InChI is InChI=1S/C11H10F3N3/c1-6-4-7-5-8(11(12,13)14)2-3-9(7)16-10(6)17-15/h2-5H,15H2,1H3,(H,16,17). The molecule has 2 rings (SSSR count). The van der Waals surface area contributed by atoms with Crippen LogP contribution in [0.15, 0.2) is 24.3 Å². The fourth-order valence-corrected chi connectivity index (χ4v) is 1.60. The number of alkyl halides is 3. The Morgan fingerprint density at radius 3 is 2.53 bits per heavy atom. The van der Waals surface area contributed by atoms with Crippen LogP contribution in [-0.2, 0) is 6.18 Å². The van der Waals surface area contributed by atoms with Crippen molar-refractivity contribution in [1.29, 1.82) is 0 Å². The topological polar surface area (TPSA) is 50.9 Å². The maximum Gasteiger partial charge on any atom is 0.416 e. The number of benzene rings is 1. The zero-order valence-corrected chi connectivity index (χ0v) is 8.97. The third-order valence-electron chi connectivity index (χ3n) is 2.47. The summed E-state index contributed by atoms with van der Waals surface area (Å²) < 4.78 is 37.5. The first kappa shape index (κ1) is 11.7. The number of aromatic nitrogens is 1. The number of pyridine rings is 1. The first-order valence-corrected chi connectivity index (χ1v) is 4.87. The van der Waals surface area contributed by atoms with Gasteiger partial charge in [0.05, 0.1) is 11.1 Å². The van der Waals surface area contributed by atoms with Crippen LogP contribution in [0.5, 0.6) is 0 Å². The molecule has 3 nitrogen and oxygen atoms in total. The van der Waals surface area contributed by atoms with Gasteiger partial charge in [-0.05, 0) is 36.8 Å². The molecule has 0 saturated heterocycles. The van der Waals surface area contributed by atoms with E-state index in [9.17, 15) is 13.2 Å². The summed E-state index contributed by atoms with van der Waals surface area (Å²) in [4.78, 5) is 4.11. The molecule has 1 heterocycles. The summed E-state index contributed by atoms with van der Waals surface area (Å²) in [6.45, 7) is 1.72. The Balaban J connectivity index is 2.63. The normalized spacial score (nSPS) is 11.8. The molecule has 0 amide bonds. The van der Waals surface area contributed by atoms with Crippen molar-refractivity contribution in [2.45, 2.75) is 13.1 Å². The SMILES string of the molecule is Cc1cc2cc(C(F)(F)F)ccc2nc1NN. The number of anilines is 1. The van der Waals surface area contributed by atoms with E-state index in [0.29, 0.717) is 22.3 Å². The van der Waals surface area contributed by atoms with Crippen molar-refractivity contribution < 1.29 is 13.2 Å². The number of fused-ring (bicyclic) bond motifs is 1. The molecule has 0 spiro atoms. The smallest absolute Gasteiger partial charge is 0.308 e. The van der Waals surface area contributed by atoms with Gasteiger partial charge in [0.25, 0.3) is 0 Å². The summed E-state index contributed by atoms with van der Waals surface area (Å²) in [6.07, 6.45) is -4.34. The molecule has 6 heteroatoms. The molecule has 17 heavy (non-hydrogen) atoms. The molecule has 0 aliphatic heterocycles. The highest BCUT2D eigenvalue weighted by Crippen LogP contribution is 2.31. The van der Waals surface area contributed by atoms with Gasteiger partial charge < -0.3 is 5.43 Å². The van der Waals surface area contributed by atoms with Crippen LogP contribution in [0.4, 0.5) is 19.0 Å². The van der Waals surface area contributed by atoms with Crippen molar-refractivity contribution in [2.75, 3.05) is 5.43 Å². The summed E-state index contributed by atoms with van der Waals surface area (Å²) in [6, 6.07) is 5.03. The number of nitrogens with one attached hydrogen (secondary N) is 1. The molecule has 1 aromatic heterocycles. The van der Waals surface area contributed by atoms with E-state index in [2.05, 4.69) is 10.4 Å². The van der Waals surface area contributed by atoms with E-state index >= 15 is 0 Å². The second-order valence-electron chi connectivity index (χ2n) is 3.70. The van der Waals surface area contributed by atoms with Gasteiger partial charge in [0, 0.05) is 5.39 Å². The van der Waals surface area contributed by atoms with E-state index in [4.69, 9.17) is 5.84 Å². The predicted octanol–water partition coefficient (Wildman–Crippen LogP) is 2.85. The van der Waals surface area contributed by atoms with Crippen LogP contribution in [0.25, 0.3) is 10.9 Å². The quantitative estimate of drug-likeness (QED) is 0.596. The highest BCUT2D eigenvalue weighted by molar-refractivity contribution is 5.82. The van der Waals surface area contributed by atoms with Gasteiger partial charge in [-0.15, -0.1) is 0 Å². The zero-order valence-electron chi connectivity index (χ0n) is 8.97. The molecular weight excluding hydrogens is 231 g/mol. The van der Waals surface area contributed by atoms with Crippen molar-refractivity contribution in [3.05, 3.63) is 35.4 Å². The van der Waals surface area contributed by atoms with Crippen molar-refractivity contribution in [3.63, 3.8) is 0 Å². The van der Waals surface area contributed by atoms with Crippen LogP contribution in [0.3, 0.4) is 0 Å². The molecule has 0 bridgehead atoms. The molecule has 0 unspecified atom stereocenters. The third-order valence-corrected chi connectivity index (χ3v) is 2.47. The van der Waals surface area contributed by atoms with E-state index in [0.717, 1.165) is 12.1 Å². The van der Waals surface area contributed by atoms with E-state index in [-0.39, 0.29) is 0 Å². The molecule has 0 radical (unpaired) electrons. The summed E-state index contributed by atoms with van der Waals surface area (Å²) in [7, 11) is 0. The molecule has 2 aromatic rings. The number of hydrogen-bond donors (Lipinski definition) is 2. The lowest BCUT2D eigenvalue weighted by molar-refractivity contribution is -0.137. The number of rotatable bonds is 1. The maximum absolute atomic E-state index is 12.5. The molecule has 1 aromatic carbocycles. The number of nitrogen functional groups attached to an aromatic ring is 1. The summed E-state index contributed by atoms with van der Waals surface area (Å²) in [5.74, 6) is 5.70. The number of hydrogen-bond acceptors (Lipinski definition) is 3. The largest absolute Gasteiger partial charge is 0.416 e. The minimum Gasteiger partial charge on any atom is -0.308 e. The van der Waals surface area contributed by atoms with Crippen LogP contribution in [0.2, 0.25) is 0 Å². The Labute approximate surface area is 95.4 Å². The molecule has 0 aliphatic carbocycles. The van der Waals surface area contributed by atoms with E-state index in [1.807, 2.05) is 0 Å². The van der Waals surface area contributed by atoms with Gasteiger partial charge >= 0.3 is 6.18 Å². The van der Waals surface area contributed by atoms with Gasteiger partial charge in [-0.3, -0.25) is 0 Å². The summed E-state index contributed by atoms with van der Waals surface area (Å²) >= 11 is 0. The Morgan fingerprint density at radius 1 is 1.24 bits per heavy atom. The highest BCUT2D eigenvalue weighted by Gasteiger charge is 2.30. The molecule has 3 N–H and O–H groups in total. The zero-order chi connectivity index (χ0) is 12.6. The molecular formula is C11H10F3N3. The lowest BCUT2D eigenvalue weighted by Crippen LogP contribution is -2.10. The van der Waals surface area contributed by atoms with Crippen LogP contribution in [0, 0.1) is 6.92 Å². The third kappa shape index (κ3) is 2.16. The van der Waals surface area contributed by atoms with E-state index < -0.39 is 11.7 Å². The molecule has 0 saturated carbocycles. The monoisotopic (exact) mass is 241 g/mol. The lowest BCUT2D eigenvalue weighted by Gasteiger charge is -2.09. The van der Waals surface area contributed by atoms with Crippen LogP contribution < -0.4 is 11.3 Å². The van der Waals surface area contributed by atoms with Crippen molar-refractivity contribution in [3.8, 4) is 0 Å². The fraction of sp³-hybridized carbons (Fsp3) is 0.182. The van der Waals surface area contributed by atoms with Gasteiger partial charge in [-0.1, -0.05) is 0 Å². The van der Waals surface area contributed by atoms with Crippen LogP contribution in [-0.4, -0.2) is 4.98 Å². The fourth-order valence-electron chi connectivity index (χ4n) is 1.60. The summed E-state index contributed by atoms with van der Waals surface area (Å²) in [5.41, 5.74) is 2.88. The van der Waals surface area contributed by atoms with Gasteiger partial charge in [0.2, 0.25) is 0 Å². The number of hydrazine groups is 1. The van der Waals surface area contributed by atoms with Crippen LogP contribution >= 0.6 is 0 Å². The molecule has 90 valence electrons. The average Bonchev–Trinajstić information content (AvgIpc) is 2.26. The van der Waals surface area contributed by atoms with E-state index in [1.165, 1.54) is 6.07 Å². The average molecular weight is 241 g/mol. The Hall–Kier alpha value is -1.82. The number of nitrogens with zero attached hydrogens (tertiary/aromatic N) is 1. The minimum atomic E-state index is -4.34. The first-order chi connectivity index (χ1) is 7.91. The van der Waals surface area contributed by atoms with Crippen molar-refractivity contribution >= 4 is 16.7 Å². The van der Waals surface area contributed by atoms with Gasteiger partial charge in [-0.2, -0.15) is 13.2 Å². The van der Waals surface area contributed by atoms with Crippen LogP contribution in [0.1, 0.15) is 11.1 Å². The van der Waals surface area contributed by atoms with Gasteiger partial charge in [-0.25, -0.2) is 10.8 Å². The van der Waals surface area contributed by atoms with Crippen molar-refractivity contribution in [1.82, 2.24) is 4.98 Å².